The van der Waals surface area contributed by atoms with Crippen LogP contribution in [0.25, 0.3) is 0 Å². The molecule has 1 aromatic carbocycles. The predicted molar refractivity (Wildman–Crippen MR) is 77.0 cm³/mol. The molecule has 0 aliphatic heterocycles. The summed E-state index contributed by atoms with van der Waals surface area (Å²) < 4.78 is 1.03. The second-order valence-electron chi connectivity index (χ2n) is 5.18. The van der Waals surface area contributed by atoms with E-state index in [0.717, 1.165) is 29.3 Å². The second kappa shape index (κ2) is 6.55. The van der Waals surface area contributed by atoms with Crippen LogP contribution in [-0.4, -0.2) is 5.11 Å². The van der Waals surface area contributed by atoms with Gasteiger partial charge < -0.3 is 5.11 Å². The van der Waals surface area contributed by atoms with E-state index in [0.29, 0.717) is 5.92 Å². The maximum atomic E-state index is 10.7. The SMILES string of the molecule is CCC(O)(CCCC(C)C)c1cccc(Br)c1. The number of aliphatic hydroxyl groups is 1. The van der Waals surface area contributed by atoms with Gasteiger partial charge in [-0.3, -0.25) is 0 Å². The number of hydrogen-bond donors (Lipinski definition) is 1. The molecule has 0 aliphatic rings. The van der Waals surface area contributed by atoms with Crippen LogP contribution < -0.4 is 0 Å². The van der Waals surface area contributed by atoms with Crippen molar-refractivity contribution in [3.63, 3.8) is 0 Å². The lowest BCUT2D eigenvalue weighted by atomic mass is 9.85. The topological polar surface area (TPSA) is 20.2 Å². The Morgan fingerprint density at radius 2 is 2.06 bits per heavy atom. The maximum Gasteiger partial charge on any atom is 0.0894 e. The molecule has 1 N–H and O–H groups in total. The quantitative estimate of drug-likeness (QED) is 0.794. The summed E-state index contributed by atoms with van der Waals surface area (Å²) in [6, 6.07) is 8.03. The second-order valence-corrected chi connectivity index (χ2v) is 6.10. The third-order valence-electron chi connectivity index (χ3n) is 3.32. The van der Waals surface area contributed by atoms with E-state index in [4.69, 9.17) is 0 Å². The van der Waals surface area contributed by atoms with Crippen molar-refractivity contribution < 1.29 is 5.11 Å². The Hall–Kier alpha value is -0.340. The average molecular weight is 299 g/mol. The van der Waals surface area contributed by atoms with Gasteiger partial charge in [0.25, 0.3) is 0 Å². The Labute approximate surface area is 113 Å². The van der Waals surface area contributed by atoms with Crippen LogP contribution in [0.15, 0.2) is 28.7 Å². The molecule has 0 aliphatic carbocycles. The van der Waals surface area contributed by atoms with Crippen LogP contribution in [0.1, 0.15) is 52.0 Å². The van der Waals surface area contributed by atoms with E-state index < -0.39 is 5.60 Å². The Kier molecular flexibility index (Phi) is 5.68. The van der Waals surface area contributed by atoms with Gasteiger partial charge in [0.1, 0.15) is 0 Å². The van der Waals surface area contributed by atoms with E-state index in [1.807, 2.05) is 24.3 Å². The average Bonchev–Trinajstić information content (AvgIpc) is 2.28. The maximum absolute atomic E-state index is 10.7. The van der Waals surface area contributed by atoms with Gasteiger partial charge >= 0.3 is 0 Å². The monoisotopic (exact) mass is 298 g/mol. The normalized spacial score (nSPS) is 14.9. The van der Waals surface area contributed by atoms with Gasteiger partial charge in [-0.25, -0.2) is 0 Å². The molecule has 0 saturated carbocycles. The Balaban J connectivity index is 2.73. The van der Waals surface area contributed by atoms with Crippen molar-refractivity contribution in [3.8, 4) is 0 Å². The first kappa shape index (κ1) is 14.7. The van der Waals surface area contributed by atoms with Crippen molar-refractivity contribution in [2.75, 3.05) is 0 Å². The van der Waals surface area contributed by atoms with Crippen LogP contribution in [0.2, 0.25) is 0 Å². The smallest absolute Gasteiger partial charge is 0.0894 e. The minimum absolute atomic E-state index is 0.668. The van der Waals surface area contributed by atoms with Gasteiger partial charge in [0, 0.05) is 4.47 Å². The van der Waals surface area contributed by atoms with Gasteiger partial charge in [0.05, 0.1) is 5.60 Å². The van der Waals surface area contributed by atoms with Gasteiger partial charge in [-0.05, 0) is 42.9 Å². The summed E-state index contributed by atoms with van der Waals surface area (Å²) >= 11 is 3.46. The molecular formula is C15H23BrO. The van der Waals surface area contributed by atoms with Crippen LogP contribution in [0.3, 0.4) is 0 Å². The highest BCUT2D eigenvalue weighted by Gasteiger charge is 2.26. The molecule has 0 bridgehead atoms. The molecule has 1 unspecified atom stereocenters. The Morgan fingerprint density at radius 1 is 1.35 bits per heavy atom. The fourth-order valence-electron chi connectivity index (χ4n) is 2.11. The summed E-state index contributed by atoms with van der Waals surface area (Å²) in [5.41, 5.74) is 0.358. The van der Waals surface area contributed by atoms with Crippen LogP contribution in [-0.2, 0) is 5.60 Å². The summed E-state index contributed by atoms with van der Waals surface area (Å²) in [6.07, 6.45) is 3.87. The summed E-state index contributed by atoms with van der Waals surface area (Å²) in [6.45, 7) is 6.50. The van der Waals surface area contributed by atoms with E-state index >= 15 is 0 Å². The summed E-state index contributed by atoms with van der Waals surface area (Å²) in [5.74, 6) is 0.707. The van der Waals surface area contributed by atoms with Crippen molar-refractivity contribution in [2.24, 2.45) is 5.92 Å². The van der Waals surface area contributed by atoms with Gasteiger partial charge in [-0.15, -0.1) is 0 Å². The van der Waals surface area contributed by atoms with E-state index in [2.05, 4.69) is 36.7 Å². The third kappa shape index (κ3) is 4.44. The van der Waals surface area contributed by atoms with Crippen LogP contribution in [0.4, 0.5) is 0 Å². The molecule has 0 amide bonds. The number of halogens is 1. The molecule has 0 spiro atoms. The fourth-order valence-corrected chi connectivity index (χ4v) is 2.51. The molecule has 1 rings (SSSR count). The van der Waals surface area contributed by atoms with E-state index in [1.54, 1.807) is 0 Å². The zero-order valence-corrected chi connectivity index (χ0v) is 12.6. The lowest BCUT2D eigenvalue weighted by Gasteiger charge is -2.28. The molecule has 1 aromatic rings. The van der Waals surface area contributed by atoms with E-state index in [-0.39, 0.29) is 0 Å². The zero-order chi connectivity index (χ0) is 12.9. The first-order chi connectivity index (χ1) is 7.98. The van der Waals surface area contributed by atoms with E-state index in [1.165, 1.54) is 6.42 Å². The molecule has 1 nitrogen and oxygen atoms in total. The van der Waals surface area contributed by atoms with Gasteiger partial charge in [-0.1, -0.05) is 55.3 Å². The molecular weight excluding hydrogens is 276 g/mol. The highest BCUT2D eigenvalue weighted by Crippen LogP contribution is 2.32. The first-order valence-corrected chi connectivity index (χ1v) is 7.25. The third-order valence-corrected chi connectivity index (χ3v) is 3.81. The largest absolute Gasteiger partial charge is 0.385 e. The Bertz CT molecular complexity index is 349. The lowest BCUT2D eigenvalue weighted by Crippen LogP contribution is -2.24. The summed E-state index contributed by atoms with van der Waals surface area (Å²) in [4.78, 5) is 0. The van der Waals surface area contributed by atoms with Crippen LogP contribution >= 0.6 is 15.9 Å². The van der Waals surface area contributed by atoms with Gasteiger partial charge in [0.2, 0.25) is 0 Å². The fraction of sp³-hybridized carbons (Fsp3) is 0.600. The first-order valence-electron chi connectivity index (χ1n) is 6.46. The number of benzene rings is 1. The summed E-state index contributed by atoms with van der Waals surface area (Å²) in [7, 11) is 0. The highest BCUT2D eigenvalue weighted by molar-refractivity contribution is 9.10. The molecule has 0 radical (unpaired) electrons. The minimum atomic E-state index is -0.668. The van der Waals surface area contributed by atoms with Crippen molar-refractivity contribution in [1.82, 2.24) is 0 Å². The molecule has 2 heteroatoms. The van der Waals surface area contributed by atoms with Crippen molar-refractivity contribution >= 4 is 15.9 Å². The van der Waals surface area contributed by atoms with Crippen LogP contribution in [0.5, 0.6) is 0 Å². The zero-order valence-electron chi connectivity index (χ0n) is 11.0. The van der Waals surface area contributed by atoms with Gasteiger partial charge in [0.15, 0.2) is 0 Å². The van der Waals surface area contributed by atoms with Crippen molar-refractivity contribution in [3.05, 3.63) is 34.3 Å². The molecule has 17 heavy (non-hydrogen) atoms. The van der Waals surface area contributed by atoms with Crippen LogP contribution in [0, 0.1) is 5.92 Å². The molecule has 0 aromatic heterocycles. The standard InChI is InChI=1S/C15H23BrO/c1-4-15(17,10-6-7-12(2)3)13-8-5-9-14(16)11-13/h5,8-9,11-12,17H,4,6-7,10H2,1-3H3. The predicted octanol–water partition coefficient (Wildman–Crippen LogP) is 4.87. The minimum Gasteiger partial charge on any atom is -0.385 e. The molecule has 0 fully saturated rings. The van der Waals surface area contributed by atoms with Crippen molar-refractivity contribution in [2.45, 2.75) is 52.1 Å². The lowest BCUT2D eigenvalue weighted by molar-refractivity contribution is 0.0200. The van der Waals surface area contributed by atoms with E-state index in [9.17, 15) is 5.11 Å². The molecule has 96 valence electrons. The Morgan fingerprint density at radius 3 is 2.59 bits per heavy atom. The van der Waals surface area contributed by atoms with Crippen molar-refractivity contribution in [1.29, 1.82) is 0 Å². The van der Waals surface area contributed by atoms with Gasteiger partial charge in [-0.2, -0.15) is 0 Å². The molecule has 0 saturated heterocycles. The number of rotatable bonds is 6. The molecule has 1 atom stereocenters. The summed E-state index contributed by atoms with van der Waals surface area (Å²) in [5, 5.41) is 10.7. The highest BCUT2D eigenvalue weighted by atomic mass is 79.9. The number of hydrogen-bond acceptors (Lipinski definition) is 1. The molecule has 0 heterocycles.